The van der Waals surface area contributed by atoms with Crippen molar-refractivity contribution in [3.8, 4) is 11.3 Å². The minimum Gasteiger partial charge on any atom is -0.473 e. The van der Waals surface area contributed by atoms with Gasteiger partial charge >= 0.3 is 11.9 Å². The molecule has 0 atom stereocenters. The van der Waals surface area contributed by atoms with E-state index in [0.717, 1.165) is 22.8 Å². The number of nitro benzene ring substituents is 1. The summed E-state index contributed by atoms with van der Waals surface area (Å²) in [5.41, 5.74) is 3.02. The first-order valence-electron chi connectivity index (χ1n) is 8.30. The molecule has 3 rings (SSSR count). The molecule has 3 aromatic rings. The Morgan fingerprint density at radius 3 is 2.34 bits per heavy atom. The number of carbonyl (C=O) groups is 2. The van der Waals surface area contributed by atoms with Gasteiger partial charge in [-0.15, -0.1) is 0 Å². The zero-order valence-electron chi connectivity index (χ0n) is 15.3. The molecule has 0 spiro atoms. The van der Waals surface area contributed by atoms with E-state index >= 15 is 0 Å². The number of carboxylic acid groups (broad SMARTS) is 2. The van der Waals surface area contributed by atoms with Crippen molar-refractivity contribution in [1.82, 2.24) is 9.55 Å². The van der Waals surface area contributed by atoms with Crippen LogP contribution in [0.1, 0.15) is 5.56 Å². The first kappa shape index (κ1) is 21.1. The second-order valence-corrected chi connectivity index (χ2v) is 5.78. The Hall–Kier alpha value is -4.21. The molecule has 0 aliphatic heterocycles. The molecule has 0 unspecified atom stereocenters. The summed E-state index contributed by atoms with van der Waals surface area (Å²) >= 11 is 0. The number of hydrogen-bond acceptors (Lipinski definition) is 6. The van der Waals surface area contributed by atoms with Crippen LogP contribution in [0.5, 0.6) is 0 Å². The fourth-order valence-electron chi connectivity index (χ4n) is 2.41. The van der Waals surface area contributed by atoms with Crippen molar-refractivity contribution in [2.75, 3.05) is 5.32 Å². The van der Waals surface area contributed by atoms with Crippen LogP contribution in [0.3, 0.4) is 0 Å². The van der Waals surface area contributed by atoms with Gasteiger partial charge in [0, 0.05) is 25.7 Å². The fraction of sp³-hybridized carbons (Fsp3) is 0.105. The number of nitrogens with zero attached hydrogens (tertiary/aromatic N) is 3. The van der Waals surface area contributed by atoms with E-state index in [4.69, 9.17) is 19.8 Å². The summed E-state index contributed by atoms with van der Waals surface area (Å²) in [6.07, 6.45) is 1.81. The largest absolute Gasteiger partial charge is 0.473 e. The molecule has 10 nitrogen and oxygen atoms in total. The SMILES string of the molecule is Cn1c(-c2ccccc2)cnc1NCc1cccc([N+](=O)[O-])c1.O=C(O)C(=O)O. The Morgan fingerprint density at radius 2 is 1.76 bits per heavy atom. The van der Waals surface area contributed by atoms with Gasteiger partial charge in [-0.05, 0) is 11.1 Å². The lowest BCUT2D eigenvalue weighted by atomic mass is 10.2. The number of imidazole rings is 1. The van der Waals surface area contributed by atoms with Crippen LogP contribution >= 0.6 is 0 Å². The van der Waals surface area contributed by atoms with Crippen molar-refractivity contribution in [3.05, 3.63) is 76.5 Å². The van der Waals surface area contributed by atoms with Gasteiger partial charge in [-0.25, -0.2) is 14.6 Å². The second kappa shape index (κ2) is 9.65. The molecule has 0 fully saturated rings. The Labute approximate surface area is 165 Å². The Balaban J connectivity index is 0.000000438. The van der Waals surface area contributed by atoms with Crippen LogP contribution in [0.4, 0.5) is 11.6 Å². The number of aliphatic carboxylic acids is 2. The van der Waals surface area contributed by atoms with Crippen molar-refractivity contribution < 1.29 is 24.7 Å². The number of carboxylic acids is 2. The van der Waals surface area contributed by atoms with E-state index in [1.54, 1.807) is 12.1 Å². The summed E-state index contributed by atoms with van der Waals surface area (Å²) in [5.74, 6) is -2.93. The summed E-state index contributed by atoms with van der Waals surface area (Å²) in [4.78, 5) is 33.0. The first-order chi connectivity index (χ1) is 13.8. The standard InChI is InChI=1S/C17H16N4O2.C2H2O4/c1-20-16(14-7-3-2-4-8-14)12-19-17(20)18-11-13-6-5-9-15(10-13)21(22)23;3-1(4)2(5)6/h2-10,12H,11H2,1H3,(H,18,19);(H,3,4)(H,5,6). The first-order valence-corrected chi connectivity index (χ1v) is 8.30. The lowest BCUT2D eigenvalue weighted by molar-refractivity contribution is -0.384. The molecular formula is C19H18N4O6. The van der Waals surface area contributed by atoms with E-state index in [9.17, 15) is 10.1 Å². The predicted octanol–water partition coefficient (Wildman–Crippen LogP) is 2.76. The van der Waals surface area contributed by atoms with Gasteiger partial charge < -0.3 is 20.1 Å². The number of non-ortho nitro benzene ring substituents is 1. The van der Waals surface area contributed by atoms with Crippen LogP contribution in [0, 0.1) is 10.1 Å². The number of anilines is 1. The van der Waals surface area contributed by atoms with Gasteiger partial charge in [-0.2, -0.15) is 0 Å². The van der Waals surface area contributed by atoms with E-state index in [2.05, 4.69) is 10.3 Å². The van der Waals surface area contributed by atoms with Gasteiger partial charge in [0.1, 0.15) is 0 Å². The number of aromatic nitrogens is 2. The third-order valence-electron chi connectivity index (χ3n) is 3.81. The monoisotopic (exact) mass is 398 g/mol. The van der Waals surface area contributed by atoms with Crippen LogP contribution in [0.15, 0.2) is 60.8 Å². The Morgan fingerprint density at radius 1 is 1.10 bits per heavy atom. The highest BCUT2D eigenvalue weighted by Gasteiger charge is 2.09. The summed E-state index contributed by atoms with van der Waals surface area (Å²) in [6.45, 7) is 0.473. The molecule has 0 aliphatic rings. The predicted molar refractivity (Wildman–Crippen MR) is 104 cm³/mol. The number of benzene rings is 2. The number of rotatable bonds is 5. The molecule has 2 aromatic carbocycles. The number of nitro groups is 1. The molecule has 0 saturated carbocycles. The average Bonchev–Trinajstić information content (AvgIpc) is 3.08. The molecular weight excluding hydrogens is 380 g/mol. The zero-order chi connectivity index (χ0) is 21.4. The van der Waals surface area contributed by atoms with E-state index in [1.807, 2.05) is 54.2 Å². The van der Waals surface area contributed by atoms with Crippen LogP contribution < -0.4 is 5.32 Å². The smallest absolute Gasteiger partial charge is 0.414 e. The fourth-order valence-corrected chi connectivity index (χ4v) is 2.41. The maximum absolute atomic E-state index is 10.8. The lowest BCUT2D eigenvalue weighted by Gasteiger charge is -2.08. The molecule has 29 heavy (non-hydrogen) atoms. The number of nitrogens with one attached hydrogen (secondary N) is 1. The van der Waals surface area contributed by atoms with Crippen LogP contribution in [-0.4, -0.2) is 36.6 Å². The maximum atomic E-state index is 10.8. The molecule has 3 N–H and O–H groups in total. The minimum atomic E-state index is -1.82. The van der Waals surface area contributed by atoms with E-state index < -0.39 is 16.9 Å². The summed E-state index contributed by atoms with van der Waals surface area (Å²) in [7, 11) is 1.94. The molecule has 10 heteroatoms. The van der Waals surface area contributed by atoms with Crippen molar-refractivity contribution in [2.24, 2.45) is 7.05 Å². The highest BCUT2D eigenvalue weighted by molar-refractivity contribution is 6.27. The third kappa shape index (κ3) is 5.89. The van der Waals surface area contributed by atoms with Gasteiger partial charge in [0.05, 0.1) is 16.8 Å². The number of hydrogen-bond donors (Lipinski definition) is 3. The van der Waals surface area contributed by atoms with Gasteiger partial charge in [0.2, 0.25) is 5.95 Å². The van der Waals surface area contributed by atoms with Gasteiger partial charge in [0.15, 0.2) is 0 Å². The molecule has 0 amide bonds. The normalized spacial score (nSPS) is 9.83. The summed E-state index contributed by atoms with van der Waals surface area (Å²) in [6, 6.07) is 16.6. The van der Waals surface area contributed by atoms with E-state index in [0.29, 0.717) is 6.54 Å². The third-order valence-corrected chi connectivity index (χ3v) is 3.81. The van der Waals surface area contributed by atoms with Crippen LogP contribution in [-0.2, 0) is 23.2 Å². The van der Waals surface area contributed by atoms with Gasteiger partial charge in [0.25, 0.3) is 5.69 Å². The van der Waals surface area contributed by atoms with Crippen molar-refractivity contribution in [2.45, 2.75) is 6.54 Å². The Kier molecular flexibility index (Phi) is 7.02. The highest BCUT2D eigenvalue weighted by atomic mass is 16.6. The molecule has 1 aromatic heterocycles. The second-order valence-electron chi connectivity index (χ2n) is 5.78. The molecule has 0 saturated heterocycles. The van der Waals surface area contributed by atoms with E-state index in [-0.39, 0.29) is 5.69 Å². The molecule has 1 heterocycles. The molecule has 150 valence electrons. The van der Waals surface area contributed by atoms with Crippen LogP contribution in [0.2, 0.25) is 0 Å². The summed E-state index contributed by atoms with van der Waals surface area (Å²) < 4.78 is 1.96. The van der Waals surface area contributed by atoms with Crippen molar-refractivity contribution >= 4 is 23.6 Å². The Bertz CT molecular complexity index is 1000. The van der Waals surface area contributed by atoms with Gasteiger partial charge in [-0.3, -0.25) is 10.1 Å². The highest BCUT2D eigenvalue weighted by Crippen LogP contribution is 2.22. The van der Waals surface area contributed by atoms with Crippen molar-refractivity contribution in [1.29, 1.82) is 0 Å². The maximum Gasteiger partial charge on any atom is 0.414 e. The minimum absolute atomic E-state index is 0.0918. The molecule has 0 radical (unpaired) electrons. The van der Waals surface area contributed by atoms with E-state index in [1.165, 1.54) is 6.07 Å². The van der Waals surface area contributed by atoms with Crippen molar-refractivity contribution in [3.63, 3.8) is 0 Å². The van der Waals surface area contributed by atoms with Crippen LogP contribution in [0.25, 0.3) is 11.3 Å². The topological polar surface area (TPSA) is 148 Å². The quantitative estimate of drug-likeness (QED) is 0.338. The zero-order valence-corrected chi connectivity index (χ0v) is 15.3. The molecule has 0 aliphatic carbocycles. The average molecular weight is 398 g/mol. The lowest BCUT2D eigenvalue weighted by Crippen LogP contribution is -2.09. The molecule has 0 bridgehead atoms. The van der Waals surface area contributed by atoms with Gasteiger partial charge in [-0.1, -0.05) is 42.5 Å². The summed E-state index contributed by atoms with van der Waals surface area (Å²) in [5, 5.41) is 28.8.